The quantitative estimate of drug-likeness (QED) is 0.828. The predicted octanol–water partition coefficient (Wildman–Crippen LogP) is 0.343. The normalized spacial score (nSPS) is 22.1. The van der Waals surface area contributed by atoms with Gasteiger partial charge in [-0.3, -0.25) is 0 Å². The van der Waals surface area contributed by atoms with Crippen molar-refractivity contribution in [1.29, 1.82) is 0 Å². The van der Waals surface area contributed by atoms with E-state index in [0.29, 0.717) is 24.0 Å². The summed E-state index contributed by atoms with van der Waals surface area (Å²) in [6.45, 7) is 1.41. The molecule has 8 heteroatoms. The maximum atomic E-state index is 12.4. The highest BCUT2D eigenvalue weighted by molar-refractivity contribution is 7.91. The molecule has 1 fully saturated rings. The van der Waals surface area contributed by atoms with E-state index in [2.05, 4.69) is 4.72 Å². The van der Waals surface area contributed by atoms with Crippen LogP contribution in [-0.4, -0.2) is 39.5 Å². The second-order valence-corrected chi connectivity index (χ2v) is 9.24. The highest BCUT2D eigenvalue weighted by Gasteiger charge is 2.29. The largest absolute Gasteiger partial charge is 0.392 e. The second-order valence-electron chi connectivity index (χ2n) is 5.33. The molecule has 2 rings (SSSR count). The number of rotatable bonds is 4. The van der Waals surface area contributed by atoms with Crippen molar-refractivity contribution >= 4 is 19.9 Å². The zero-order valence-corrected chi connectivity index (χ0v) is 13.4. The molecule has 0 radical (unpaired) electrons. The maximum absolute atomic E-state index is 12.4. The number of aryl methyl sites for hydroxylation is 1. The van der Waals surface area contributed by atoms with Crippen molar-refractivity contribution in [3.63, 3.8) is 0 Å². The van der Waals surface area contributed by atoms with Crippen LogP contribution in [0.1, 0.15) is 24.0 Å². The minimum atomic E-state index is -3.80. The molecule has 0 aliphatic carbocycles. The Labute approximate surface area is 125 Å². The van der Waals surface area contributed by atoms with E-state index in [4.69, 9.17) is 5.11 Å². The summed E-state index contributed by atoms with van der Waals surface area (Å²) < 4.78 is 50.5. The molecule has 1 saturated heterocycles. The predicted molar refractivity (Wildman–Crippen MR) is 79.1 cm³/mol. The standard InChI is InChI=1S/C13H19NO5S2/c1-10-4-5-11(8-15)7-13(10)21(18,19)14-12-3-2-6-20(16,17)9-12/h4-5,7,12,14-15H,2-3,6,8-9H2,1H3. The molecule has 2 N–H and O–H groups in total. The Morgan fingerprint density at radius 3 is 2.71 bits per heavy atom. The third kappa shape index (κ3) is 4.03. The lowest BCUT2D eigenvalue weighted by Gasteiger charge is -2.23. The van der Waals surface area contributed by atoms with Crippen molar-refractivity contribution in [2.45, 2.75) is 37.3 Å². The summed E-state index contributed by atoms with van der Waals surface area (Å²) in [4.78, 5) is 0.0806. The molecule has 1 heterocycles. The monoisotopic (exact) mass is 333 g/mol. The van der Waals surface area contributed by atoms with E-state index in [9.17, 15) is 16.8 Å². The van der Waals surface area contributed by atoms with Gasteiger partial charge in [0.1, 0.15) is 0 Å². The van der Waals surface area contributed by atoms with E-state index in [1.165, 1.54) is 6.07 Å². The van der Waals surface area contributed by atoms with Crippen LogP contribution >= 0.6 is 0 Å². The molecule has 0 saturated carbocycles. The molecule has 1 aromatic rings. The van der Waals surface area contributed by atoms with Crippen molar-refractivity contribution in [2.24, 2.45) is 0 Å². The van der Waals surface area contributed by atoms with Crippen LogP contribution in [0.15, 0.2) is 23.1 Å². The number of sulfonamides is 1. The van der Waals surface area contributed by atoms with Crippen LogP contribution in [0.4, 0.5) is 0 Å². The van der Waals surface area contributed by atoms with Crippen molar-refractivity contribution in [1.82, 2.24) is 4.72 Å². The molecule has 21 heavy (non-hydrogen) atoms. The van der Waals surface area contributed by atoms with Gasteiger partial charge >= 0.3 is 0 Å². The van der Waals surface area contributed by atoms with Gasteiger partial charge in [-0.1, -0.05) is 12.1 Å². The van der Waals surface area contributed by atoms with Gasteiger partial charge in [0.25, 0.3) is 0 Å². The summed E-state index contributed by atoms with van der Waals surface area (Å²) in [6.07, 6.45) is 0.975. The summed E-state index contributed by atoms with van der Waals surface area (Å²) in [6, 6.07) is 4.09. The maximum Gasteiger partial charge on any atom is 0.241 e. The van der Waals surface area contributed by atoms with Crippen LogP contribution < -0.4 is 4.72 Å². The van der Waals surface area contributed by atoms with Gasteiger partial charge in [-0.25, -0.2) is 21.6 Å². The van der Waals surface area contributed by atoms with Gasteiger partial charge in [0.05, 0.1) is 23.0 Å². The summed E-state index contributed by atoms with van der Waals surface area (Å²) in [5, 5.41) is 9.11. The summed E-state index contributed by atoms with van der Waals surface area (Å²) in [7, 11) is -6.98. The zero-order chi connectivity index (χ0) is 15.7. The van der Waals surface area contributed by atoms with E-state index in [-0.39, 0.29) is 23.0 Å². The van der Waals surface area contributed by atoms with Gasteiger partial charge in [-0.15, -0.1) is 0 Å². The SMILES string of the molecule is Cc1ccc(CO)cc1S(=O)(=O)NC1CCCS(=O)(=O)C1. The molecular weight excluding hydrogens is 314 g/mol. The van der Waals surface area contributed by atoms with Crippen molar-refractivity contribution < 1.29 is 21.9 Å². The first kappa shape index (κ1) is 16.4. The van der Waals surface area contributed by atoms with E-state index in [0.717, 1.165) is 0 Å². The lowest BCUT2D eigenvalue weighted by atomic mass is 10.2. The molecule has 6 nitrogen and oxygen atoms in total. The average Bonchev–Trinajstić information content (AvgIpc) is 2.37. The van der Waals surface area contributed by atoms with E-state index < -0.39 is 25.9 Å². The van der Waals surface area contributed by atoms with E-state index in [1.54, 1.807) is 19.1 Å². The summed E-state index contributed by atoms with van der Waals surface area (Å²) >= 11 is 0. The van der Waals surface area contributed by atoms with Gasteiger partial charge < -0.3 is 5.11 Å². The molecular formula is C13H19NO5S2. The Kier molecular flexibility index (Phi) is 4.72. The number of hydrogen-bond acceptors (Lipinski definition) is 5. The lowest BCUT2D eigenvalue weighted by Crippen LogP contribution is -2.43. The number of aliphatic hydroxyl groups excluding tert-OH is 1. The fourth-order valence-corrected chi connectivity index (χ4v) is 5.74. The highest BCUT2D eigenvalue weighted by Crippen LogP contribution is 2.20. The third-order valence-corrected chi connectivity index (χ3v) is 6.99. The molecule has 0 bridgehead atoms. The van der Waals surface area contributed by atoms with Gasteiger partial charge in [0.2, 0.25) is 10.0 Å². The van der Waals surface area contributed by atoms with Crippen LogP contribution in [0.5, 0.6) is 0 Å². The number of sulfone groups is 1. The molecule has 1 atom stereocenters. The Morgan fingerprint density at radius 1 is 1.38 bits per heavy atom. The van der Waals surface area contributed by atoms with Gasteiger partial charge in [0.15, 0.2) is 9.84 Å². The minimum Gasteiger partial charge on any atom is -0.392 e. The minimum absolute atomic E-state index is 0.0806. The lowest BCUT2D eigenvalue weighted by molar-refractivity contribution is 0.281. The van der Waals surface area contributed by atoms with Crippen LogP contribution in [0, 0.1) is 6.92 Å². The van der Waals surface area contributed by atoms with Gasteiger partial charge in [-0.2, -0.15) is 0 Å². The Hall–Kier alpha value is -0.960. The fourth-order valence-electron chi connectivity index (χ4n) is 2.43. The topological polar surface area (TPSA) is 101 Å². The molecule has 0 amide bonds. The summed E-state index contributed by atoms with van der Waals surface area (Å²) in [5.74, 6) is -0.0464. The molecule has 1 aliphatic rings. The fraction of sp³-hybridized carbons (Fsp3) is 0.538. The van der Waals surface area contributed by atoms with Crippen molar-refractivity contribution in [2.75, 3.05) is 11.5 Å². The highest BCUT2D eigenvalue weighted by atomic mass is 32.2. The second kappa shape index (κ2) is 6.04. The Bertz CT molecular complexity index is 725. The molecule has 0 aromatic heterocycles. The van der Waals surface area contributed by atoms with Crippen LogP contribution in [-0.2, 0) is 26.5 Å². The van der Waals surface area contributed by atoms with E-state index >= 15 is 0 Å². The first-order valence-electron chi connectivity index (χ1n) is 6.67. The first-order valence-corrected chi connectivity index (χ1v) is 9.97. The number of aliphatic hydroxyl groups is 1. The van der Waals surface area contributed by atoms with Crippen LogP contribution in [0.2, 0.25) is 0 Å². The van der Waals surface area contributed by atoms with Gasteiger partial charge in [-0.05, 0) is 37.0 Å². The Balaban J connectivity index is 2.26. The van der Waals surface area contributed by atoms with Gasteiger partial charge in [0, 0.05) is 6.04 Å². The number of benzene rings is 1. The van der Waals surface area contributed by atoms with Crippen molar-refractivity contribution in [3.05, 3.63) is 29.3 Å². The molecule has 118 valence electrons. The number of nitrogens with one attached hydrogen (secondary N) is 1. The van der Waals surface area contributed by atoms with Crippen molar-refractivity contribution in [3.8, 4) is 0 Å². The zero-order valence-electron chi connectivity index (χ0n) is 11.7. The molecule has 0 spiro atoms. The van der Waals surface area contributed by atoms with E-state index in [1.807, 2.05) is 0 Å². The molecule has 1 unspecified atom stereocenters. The van der Waals surface area contributed by atoms with Crippen LogP contribution in [0.3, 0.4) is 0 Å². The average molecular weight is 333 g/mol. The summed E-state index contributed by atoms with van der Waals surface area (Å²) in [5.41, 5.74) is 1.05. The Morgan fingerprint density at radius 2 is 2.10 bits per heavy atom. The molecule has 1 aromatic carbocycles. The third-order valence-electron chi connectivity index (χ3n) is 3.51. The van der Waals surface area contributed by atoms with Crippen LogP contribution in [0.25, 0.3) is 0 Å². The molecule has 1 aliphatic heterocycles. The number of hydrogen-bond donors (Lipinski definition) is 2. The smallest absolute Gasteiger partial charge is 0.241 e. The first-order chi connectivity index (χ1) is 9.73.